The lowest BCUT2D eigenvalue weighted by atomic mass is 9.78. The topological polar surface area (TPSA) is 35.5 Å². The van der Waals surface area contributed by atoms with Gasteiger partial charge in [0, 0.05) is 5.39 Å². The van der Waals surface area contributed by atoms with E-state index in [1.54, 1.807) is 0 Å². The number of fused-ring (bicyclic) bond motifs is 1. The van der Waals surface area contributed by atoms with Gasteiger partial charge in [-0.1, -0.05) is 38.7 Å². The predicted molar refractivity (Wildman–Crippen MR) is 106 cm³/mol. The van der Waals surface area contributed by atoms with Crippen molar-refractivity contribution >= 4 is 16.7 Å². The van der Waals surface area contributed by atoms with Crippen LogP contribution in [0.4, 0.5) is 22.0 Å². The summed E-state index contributed by atoms with van der Waals surface area (Å²) in [4.78, 5) is 12.5. The molecular weight excluding hydrogens is 419 g/mol. The molecule has 2 aromatic carbocycles. The van der Waals surface area contributed by atoms with Crippen LogP contribution in [0.1, 0.15) is 51.9 Å². The molecule has 0 spiro atoms. The monoisotopic (exact) mass is 444 g/mol. The van der Waals surface area contributed by atoms with E-state index in [-0.39, 0.29) is 22.4 Å². The van der Waals surface area contributed by atoms with Gasteiger partial charge in [0.15, 0.2) is 11.6 Å². The van der Waals surface area contributed by atoms with E-state index in [2.05, 4.69) is 11.7 Å². The van der Waals surface area contributed by atoms with Crippen LogP contribution < -0.4 is 9.47 Å². The molecule has 1 fully saturated rings. The number of carbonyl (C=O) groups excluding carboxylic acids is 1. The van der Waals surface area contributed by atoms with Gasteiger partial charge < -0.3 is 9.47 Å². The molecule has 3 nitrogen and oxygen atoms in total. The molecule has 3 atom stereocenters. The molecule has 0 amide bonds. The Morgan fingerprint density at radius 1 is 1.13 bits per heavy atom. The number of rotatable bonds is 7. The zero-order valence-corrected chi connectivity index (χ0v) is 17.2. The third-order valence-electron chi connectivity index (χ3n) is 5.73. The minimum Gasteiger partial charge on any atom is -0.426 e. The summed E-state index contributed by atoms with van der Waals surface area (Å²) in [6, 6.07) is 5.89. The Kier molecular flexibility index (Phi) is 7.38. The summed E-state index contributed by atoms with van der Waals surface area (Å²) in [5.74, 6) is -3.28. The van der Waals surface area contributed by atoms with Crippen LogP contribution in [0.3, 0.4) is 0 Å². The van der Waals surface area contributed by atoms with Crippen molar-refractivity contribution in [1.29, 1.82) is 0 Å². The van der Waals surface area contributed by atoms with Crippen LogP contribution in [0.25, 0.3) is 10.8 Å². The van der Waals surface area contributed by atoms with Gasteiger partial charge in [-0.05, 0) is 54.8 Å². The van der Waals surface area contributed by atoms with E-state index in [4.69, 9.17) is 4.74 Å². The van der Waals surface area contributed by atoms with Crippen molar-refractivity contribution < 1.29 is 36.2 Å². The van der Waals surface area contributed by atoms with Gasteiger partial charge in [0.2, 0.25) is 0 Å². The molecule has 3 rings (SSSR count). The highest BCUT2D eigenvalue weighted by molar-refractivity contribution is 5.87. The Hall–Kier alpha value is -2.38. The number of benzene rings is 2. The minimum atomic E-state index is -5.01. The fourth-order valence-electron chi connectivity index (χ4n) is 4.12. The third-order valence-corrected chi connectivity index (χ3v) is 5.73. The van der Waals surface area contributed by atoms with Crippen molar-refractivity contribution in [2.45, 2.75) is 64.4 Å². The van der Waals surface area contributed by atoms with Crippen molar-refractivity contribution in [2.75, 3.05) is 0 Å². The fourth-order valence-corrected chi connectivity index (χ4v) is 4.12. The lowest BCUT2D eigenvalue weighted by molar-refractivity contribution is -0.275. The quantitative estimate of drug-likeness (QED) is 0.197. The normalized spacial score (nSPS) is 21.8. The summed E-state index contributed by atoms with van der Waals surface area (Å²) in [6.07, 6.45) is -0.507. The zero-order chi connectivity index (χ0) is 22.6. The van der Waals surface area contributed by atoms with Crippen LogP contribution in [0.2, 0.25) is 0 Å². The van der Waals surface area contributed by atoms with Gasteiger partial charge in [-0.2, -0.15) is 0 Å². The number of ether oxygens (including phenoxy) is 2. The first-order valence-corrected chi connectivity index (χ1v) is 10.5. The summed E-state index contributed by atoms with van der Waals surface area (Å²) in [5.41, 5.74) is 0. The summed E-state index contributed by atoms with van der Waals surface area (Å²) in [5, 5.41) is 0.117. The SMILES string of the molecule is CCCCCC1CCC(C(=O)Oc2ccc3c(F)c(OC(F)(F)F)ccc3c2)C(F)C1. The van der Waals surface area contributed by atoms with Crippen molar-refractivity contribution in [3.63, 3.8) is 0 Å². The number of unbranched alkanes of at least 4 members (excludes halogenated alkanes) is 2. The highest BCUT2D eigenvalue weighted by Crippen LogP contribution is 2.36. The first kappa shape index (κ1) is 23.3. The van der Waals surface area contributed by atoms with Crippen LogP contribution in [0.15, 0.2) is 30.3 Å². The zero-order valence-electron chi connectivity index (χ0n) is 17.2. The Balaban J connectivity index is 1.65. The van der Waals surface area contributed by atoms with Crippen molar-refractivity contribution in [1.82, 2.24) is 0 Å². The van der Waals surface area contributed by atoms with Crippen molar-refractivity contribution in [3.8, 4) is 11.5 Å². The summed E-state index contributed by atoms with van der Waals surface area (Å²) in [6.45, 7) is 2.11. The van der Waals surface area contributed by atoms with E-state index < -0.39 is 36.0 Å². The molecule has 1 saturated carbocycles. The minimum absolute atomic E-state index is 0.0821. The molecule has 0 bridgehead atoms. The molecule has 31 heavy (non-hydrogen) atoms. The number of hydrogen-bond donors (Lipinski definition) is 0. The number of alkyl halides is 4. The standard InChI is InChI=1S/C23H25F5O3/c1-2-3-4-5-14-6-9-18(19(24)12-14)22(29)30-16-8-10-17-15(13-16)7-11-20(21(17)25)31-23(26,27)28/h7-8,10-11,13-14,18-19H,2-6,9,12H2,1H3. The molecule has 170 valence electrons. The molecule has 1 aliphatic carbocycles. The third kappa shape index (κ3) is 6.08. The van der Waals surface area contributed by atoms with Crippen LogP contribution in [-0.4, -0.2) is 18.5 Å². The van der Waals surface area contributed by atoms with E-state index in [1.165, 1.54) is 24.3 Å². The average Bonchev–Trinajstić information content (AvgIpc) is 2.69. The van der Waals surface area contributed by atoms with Gasteiger partial charge in [-0.15, -0.1) is 13.2 Å². The number of carbonyl (C=O) groups is 1. The van der Waals surface area contributed by atoms with Crippen LogP contribution in [0.5, 0.6) is 11.5 Å². The number of halogens is 5. The van der Waals surface area contributed by atoms with E-state index in [1.807, 2.05) is 0 Å². The molecule has 0 N–H and O–H groups in total. The lowest BCUT2D eigenvalue weighted by Crippen LogP contribution is -2.34. The predicted octanol–water partition coefficient (Wildman–Crippen LogP) is 7.12. The molecule has 3 unspecified atom stereocenters. The largest absolute Gasteiger partial charge is 0.573 e. The second kappa shape index (κ2) is 9.83. The smallest absolute Gasteiger partial charge is 0.426 e. The van der Waals surface area contributed by atoms with Gasteiger partial charge in [-0.3, -0.25) is 4.79 Å². The maximum Gasteiger partial charge on any atom is 0.573 e. The molecular formula is C23H25F5O3. The number of hydrogen-bond acceptors (Lipinski definition) is 3. The highest BCUT2D eigenvalue weighted by Gasteiger charge is 2.36. The Bertz CT molecular complexity index is 912. The van der Waals surface area contributed by atoms with Crippen molar-refractivity contribution in [2.24, 2.45) is 11.8 Å². The number of esters is 1. The Morgan fingerprint density at radius 2 is 1.90 bits per heavy atom. The van der Waals surface area contributed by atoms with Gasteiger partial charge in [0.1, 0.15) is 11.9 Å². The van der Waals surface area contributed by atoms with E-state index in [0.717, 1.165) is 38.2 Å². The highest BCUT2D eigenvalue weighted by atomic mass is 19.4. The summed E-state index contributed by atoms with van der Waals surface area (Å²) >= 11 is 0. The van der Waals surface area contributed by atoms with Gasteiger partial charge in [0.25, 0.3) is 0 Å². The molecule has 2 aromatic rings. The average molecular weight is 444 g/mol. The maximum absolute atomic E-state index is 14.6. The van der Waals surface area contributed by atoms with E-state index in [9.17, 15) is 26.7 Å². The van der Waals surface area contributed by atoms with E-state index in [0.29, 0.717) is 12.8 Å². The first-order valence-electron chi connectivity index (χ1n) is 10.5. The van der Waals surface area contributed by atoms with Gasteiger partial charge in [-0.25, -0.2) is 8.78 Å². The molecule has 0 radical (unpaired) electrons. The Labute approximate surface area is 177 Å². The van der Waals surface area contributed by atoms with E-state index >= 15 is 0 Å². The molecule has 0 heterocycles. The van der Waals surface area contributed by atoms with Crippen LogP contribution in [-0.2, 0) is 4.79 Å². The maximum atomic E-state index is 14.6. The van der Waals surface area contributed by atoms with Gasteiger partial charge in [0.05, 0.1) is 5.92 Å². The molecule has 0 aromatic heterocycles. The van der Waals surface area contributed by atoms with Crippen LogP contribution in [0, 0.1) is 17.7 Å². The second-order valence-electron chi connectivity index (χ2n) is 8.03. The second-order valence-corrected chi connectivity index (χ2v) is 8.03. The van der Waals surface area contributed by atoms with Gasteiger partial charge >= 0.3 is 12.3 Å². The molecule has 0 saturated heterocycles. The lowest BCUT2D eigenvalue weighted by Gasteiger charge is -2.30. The summed E-state index contributed by atoms with van der Waals surface area (Å²) in [7, 11) is 0. The van der Waals surface area contributed by atoms with Crippen molar-refractivity contribution in [3.05, 3.63) is 36.1 Å². The first-order chi connectivity index (χ1) is 14.7. The Morgan fingerprint density at radius 3 is 2.58 bits per heavy atom. The summed E-state index contributed by atoms with van der Waals surface area (Å²) < 4.78 is 74.9. The molecule has 1 aliphatic rings. The fraction of sp³-hybridized carbons (Fsp3) is 0.522. The molecule has 0 aliphatic heterocycles. The molecule has 8 heteroatoms. The van der Waals surface area contributed by atoms with Crippen LogP contribution >= 0.6 is 0 Å².